The molecule has 1 heterocycles. The smallest absolute Gasteiger partial charge is 0.266 e. The minimum absolute atomic E-state index is 0.215. The Morgan fingerprint density at radius 3 is 2.75 bits per heavy atom. The molecule has 0 saturated heterocycles. The lowest BCUT2D eigenvalue weighted by Crippen LogP contribution is -2.30. The third kappa shape index (κ3) is 3.57. The number of hydrogen-bond acceptors (Lipinski definition) is 3. The van der Waals surface area contributed by atoms with Crippen LogP contribution in [0.1, 0.15) is 18.1 Å². The number of carbonyl (C=O) groups is 1. The van der Waals surface area contributed by atoms with Gasteiger partial charge in [0.15, 0.2) is 6.10 Å². The van der Waals surface area contributed by atoms with Gasteiger partial charge in [-0.05, 0) is 50.1 Å². The number of rotatable bonds is 4. The summed E-state index contributed by atoms with van der Waals surface area (Å²) in [5.41, 5.74) is 2.01. The summed E-state index contributed by atoms with van der Waals surface area (Å²) in [6.45, 7) is 5.60. The molecule has 1 N–H and O–H groups in total. The fourth-order valence-corrected chi connectivity index (χ4v) is 1.78. The third-order valence-electron chi connectivity index (χ3n) is 2.92. The number of anilines is 1. The number of benzene rings is 1. The summed E-state index contributed by atoms with van der Waals surface area (Å²) in [4.78, 5) is 16.2. The highest BCUT2D eigenvalue weighted by atomic mass is 16.5. The number of aromatic nitrogens is 1. The first kappa shape index (κ1) is 14.1. The summed E-state index contributed by atoms with van der Waals surface area (Å²) >= 11 is 0. The Kier molecular flexibility index (Phi) is 4.35. The lowest BCUT2D eigenvalue weighted by molar-refractivity contribution is -0.122. The average molecular weight is 270 g/mol. The molecular formula is C16H18N2O2. The van der Waals surface area contributed by atoms with E-state index < -0.39 is 6.10 Å². The van der Waals surface area contributed by atoms with E-state index >= 15 is 0 Å². The summed E-state index contributed by atoms with van der Waals surface area (Å²) in [6, 6.07) is 11.3. The van der Waals surface area contributed by atoms with Crippen molar-refractivity contribution in [2.45, 2.75) is 26.9 Å². The molecule has 1 atom stereocenters. The number of ether oxygens (including phenoxy) is 1. The first-order chi connectivity index (χ1) is 9.56. The number of hydrogen-bond donors (Lipinski definition) is 1. The Bertz CT molecular complexity index is 611. The summed E-state index contributed by atoms with van der Waals surface area (Å²) < 4.78 is 5.63. The van der Waals surface area contributed by atoms with Crippen LogP contribution in [-0.4, -0.2) is 17.0 Å². The van der Waals surface area contributed by atoms with Crippen molar-refractivity contribution in [3.8, 4) is 5.75 Å². The quantitative estimate of drug-likeness (QED) is 0.928. The predicted molar refractivity (Wildman–Crippen MR) is 78.9 cm³/mol. The maximum Gasteiger partial charge on any atom is 0.266 e. The number of amides is 1. The molecule has 0 fully saturated rings. The van der Waals surface area contributed by atoms with Gasteiger partial charge in [0.05, 0.1) is 0 Å². The van der Waals surface area contributed by atoms with Crippen molar-refractivity contribution < 1.29 is 9.53 Å². The van der Waals surface area contributed by atoms with Gasteiger partial charge in [-0.15, -0.1) is 0 Å². The van der Waals surface area contributed by atoms with E-state index in [4.69, 9.17) is 4.74 Å². The zero-order chi connectivity index (χ0) is 14.5. The van der Waals surface area contributed by atoms with Crippen LogP contribution < -0.4 is 10.1 Å². The Labute approximate surface area is 118 Å². The van der Waals surface area contributed by atoms with Gasteiger partial charge in [0, 0.05) is 6.20 Å². The van der Waals surface area contributed by atoms with Crippen molar-refractivity contribution in [2.75, 3.05) is 5.32 Å². The molecule has 1 aromatic heterocycles. The summed E-state index contributed by atoms with van der Waals surface area (Å²) in [5, 5.41) is 2.77. The van der Waals surface area contributed by atoms with Crippen LogP contribution in [0.5, 0.6) is 5.75 Å². The molecule has 0 aliphatic carbocycles. The molecule has 0 bridgehead atoms. The number of aryl methyl sites for hydroxylation is 2. The van der Waals surface area contributed by atoms with Crippen LogP contribution >= 0.6 is 0 Å². The lowest BCUT2D eigenvalue weighted by atomic mass is 10.2. The molecule has 0 spiro atoms. The monoisotopic (exact) mass is 270 g/mol. The second-order valence-electron chi connectivity index (χ2n) is 4.73. The highest BCUT2D eigenvalue weighted by Gasteiger charge is 2.16. The van der Waals surface area contributed by atoms with Gasteiger partial charge in [0.25, 0.3) is 5.91 Å². The average Bonchev–Trinajstić information content (AvgIpc) is 2.41. The van der Waals surface area contributed by atoms with Crippen LogP contribution in [0.4, 0.5) is 5.82 Å². The van der Waals surface area contributed by atoms with Crippen molar-refractivity contribution in [3.63, 3.8) is 0 Å². The molecule has 4 heteroatoms. The number of nitrogens with one attached hydrogen (secondary N) is 1. The van der Waals surface area contributed by atoms with Gasteiger partial charge < -0.3 is 10.1 Å². The number of carbonyl (C=O) groups excluding carboxylic acids is 1. The highest BCUT2D eigenvalue weighted by molar-refractivity contribution is 5.93. The van der Waals surface area contributed by atoms with Crippen molar-refractivity contribution in [2.24, 2.45) is 0 Å². The van der Waals surface area contributed by atoms with Gasteiger partial charge in [-0.3, -0.25) is 4.79 Å². The van der Waals surface area contributed by atoms with E-state index in [0.29, 0.717) is 11.6 Å². The second kappa shape index (κ2) is 6.19. The number of pyridine rings is 1. The molecule has 0 aliphatic rings. The van der Waals surface area contributed by atoms with Crippen LogP contribution in [0.3, 0.4) is 0 Å². The van der Waals surface area contributed by atoms with Crippen LogP contribution in [0.2, 0.25) is 0 Å². The normalized spacial score (nSPS) is 11.8. The zero-order valence-corrected chi connectivity index (χ0v) is 11.9. The molecule has 20 heavy (non-hydrogen) atoms. The van der Waals surface area contributed by atoms with Crippen LogP contribution in [0.15, 0.2) is 42.6 Å². The van der Waals surface area contributed by atoms with E-state index in [2.05, 4.69) is 10.3 Å². The fraction of sp³-hybridized carbons (Fsp3) is 0.250. The maximum absolute atomic E-state index is 12.1. The first-order valence-corrected chi connectivity index (χ1v) is 6.52. The van der Waals surface area contributed by atoms with Crippen molar-refractivity contribution >= 4 is 11.7 Å². The molecule has 2 aromatic rings. The van der Waals surface area contributed by atoms with Gasteiger partial charge in [0.1, 0.15) is 11.6 Å². The van der Waals surface area contributed by atoms with Crippen LogP contribution in [0.25, 0.3) is 0 Å². The fourth-order valence-electron chi connectivity index (χ4n) is 1.78. The molecule has 0 radical (unpaired) electrons. The molecule has 0 unspecified atom stereocenters. The second-order valence-corrected chi connectivity index (χ2v) is 4.73. The lowest BCUT2D eigenvalue weighted by Gasteiger charge is -2.15. The minimum Gasteiger partial charge on any atom is -0.481 e. The molecule has 0 aliphatic heterocycles. The maximum atomic E-state index is 12.1. The zero-order valence-electron chi connectivity index (χ0n) is 11.9. The van der Waals surface area contributed by atoms with Gasteiger partial charge in [-0.1, -0.05) is 18.2 Å². The Morgan fingerprint density at radius 1 is 1.25 bits per heavy atom. The first-order valence-electron chi connectivity index (χ1n) is 6.52. The molecule has 1 aromatic carbocycles. The SMILES string of the molecule is Cc1cccc(O[C@H](C)C(=O)Nc2ncccc2C)c1. The van der Waals surface area contributed by atoms with Crippen LogP contribution in [-0.2, 0) is 4.79 Å². The molecule has 1 amide bonds. The number of nitrogens with zero attached hydrogens (tertiary/aromatic N) is 1. The van der Waals surface area contributed by atoms with E-state index in [1.807, 2.05) is 50.2 Å². The predicted octanol–water partition coefficient (Wildman–Crippen LogP) is 3.10. The molecule has 0 saturated carbocycles. The molecular weight excluding hydrogens is 252 g/mol. The van der Waals surface area contributed by atoms with E-state index in [1.54, 1.807) is 13.1 Å². The molecule has 2 rings (SSSR count). The molecule has 104 valence electrons. The summed E-state index contributed by atoms with van der Waals surface area (Å²) in [7, 11) is 0. The Hall–Kier alpha value is -2.36. The Balaban J connectivity index is 2.01. The van der Waals surface area contributed by atoms with Crippen molar-refractivity contribution in [3.05, 3.63) is 53.7 Å². The van der Waals surface area contributed by atoms with Gasteiger partial charge >= 0.3 is 0 Å². The molecule has 4 nitrogen and oxygen atoms in total. The highest BCUT2D eigenvalue weighted by Crippen LogP contribution is 2.15. The summed E-state index contributed by atoms with van der Waals surface area (Å²) in [5.74, 6) is 1.04. The standard InChI is InChI=1S/C16H18N2O2/c1-11-6-4-8-14(10-11)20-13(3)16(19)18-15-12(2)7-5-9-17-15/h4-10,13H,1-3H3,(H,17,18,19)/t13-/m1/s1. The van der Waals surface area contributed by atoms with E-state index in [-0.39, 0.29) is 5.91 Å². The largest absolute Gasteiger partial charge is 0.481 e. The van der Waals surface area contributed by atoms with Crippen molar-refractivity contribution in [1.82, 2.24) is 4.98 Å². The van der Waals surface area contributed by atoms with Gasteiger partial charge in [-0.2, -0.15) is 0 Å². The van der Waals surface area contributed by atoms with Gasteiger partial charge in [0.2, 0.25) is 0 Å². The third-order valence-corrected chi connectivity index (χ3v) is 2.92. The Morgan fingerprint density at radius 2 is 2.05 bits per heavy atom. The van der Waals surface area contributed by atoms with Crippen molar-refractivity contribution in [1.29, 1.82) is 0 Å². The van der Waals surface area contributed by atoms with Gasteiger partial charge in [-0.25, -0.2) is 4.98 Å². The van der Waals surface area contributed by atoms with Crippen LogP contribution in [0, 0.1) is 13.8 Å². The van der Waals surface area contributed by atoms with E-state index in [1.165, 1.54) is 0 Å². The summed E-state index contributed by atoms with van der Waals surface area (Å²) in [6.07, 6.45) is 1.06. The minimum atomic E-state index is -0.585. The van der Waals surface area contributed by atoms with E-state index in [9.17, 15) is 4.79 Å². The topological polar surface area (TPSA) is 51.2 Å². The van der Waals surface area contributed by atoms with E-state index in [0.717, 1.165) is 11.1 Å².